The summed E-state index contributed by atoms with van der Waals surface area (Å²) in [6.45, 7) is 2.22. The maximum absolute atomic E-state index is 12.8. The summed E-state index contributed by atoms with van der Waals surface area (Å²) in [6.07, 6.45) is 2.06. The van der Waals surface area contributed by atoms with E-state index in [1.165, 1.54) is 11.4 Å². The predicted octanol–water partition coefficient (Wildman–Crippen LogP) is 2.47. The van der Waals surface area contributed by atoms with Crippen LogP contribution in [0.3, 0.4) is 0 Å². The molecule has 1 aliphatic rings. The third-order valence-corrected chi connectivity index (χ3v) is 6.49. The van der Waals surface area contributed by atoms with Crippen LogP contribution < -0.4 is 0 Å². The lowest BCUT2D eigenvalue weighted by molar-refractivity contribution is -0.146. The largest absolute Gasteiger partial charge is 0.468 e. The van der Waals surface area contributed by atoms with Crippen LogP contribution in [0, 0.1) is 6.92 Å². The molecule has 0 N–H and O–H groups in total. The minimum atomic E-state index is -3.73. The minimum Gasteiger partial charge on any atom is -0.468 e. The Morgan fingerprint density at radius 2 is 2.10 bits per heavy atom. The fourth-order valence-electron chi connectivity index (χ4n) is 2.51. The Kier molecular flexibility index (Phi) is 5.06. The van der Waals surface area contributed by atoms with Gasteiger partial charge in [-0.2, -0.15) is 4.31 Å². The lowest BCUT2D eigenvalue weighted by Gasteiger charge is -2.32. The average molecular weight is 376 g/mol. The number of ether oxygens (including phenoxy) is 1. The fraction of sp³-hybridized carbons (Fsp3) is 0.500. The number of carbonyl (C=O) groups excluding carboxylic acids is 1. The molecule has 1 atom stereocenters. The Hall–Kier alpha value is -0.920. The molecule has 0 saturated carbocycles. The molecule has 0 spiro atoms. The highest BCUT2D eigenvalue weighted by Gasteiger charge is 2.38. The molecule has 0 aromatic heterocycles. The van der Waals surface area contributed by atoms with Crippen LogP contribution >= 0.6 is 15.9 Å². The number of aryl methyl sites for hydroxylation is 1. The van der Waals surface area contributed by atoms with E-state index in [1.54, 1.807) is 18.2 Å². The topological polar surface area (TPSA) is 63.7 Å². The smallest absolute Gasteiger partial charge is 0.324 e. The highest BCUT2D eigenvalue weighted by Crippen LogP contribution is 2.30. The zero-order valence-corrected chi connectivity index (χ0v) is 14.4. The van der Waals surface area contributed by atoms with Gasteiger partial charge in [0.25, 0.3) is 0 Å². The van der Waals surface area contributed by atoms with Gasteiger partial charge in [-0.15, -0.1) is 0 Å². The SMILES string of the molecule is COC(=O)[C@H]1CCCCN1S(=O)(=O)c1ccc(C)cc1Br. The molecule has 1 saturated heterocycles. The number of piperidine rings is 1. The Bertz CT molecular complexity index is 644. The molecule has 1 fully saturated rings. The van der Waals surface area contributed by atoms with Crippen LogP contribution in [-0.2, 0) is 19.6 Å². The van der Waals surface area contributed by atoms with E-state index in [0.29, 0.717) is 17.4 Å². The second-order valence-electron chi connectivity index (χ2n) is 5.08. The van der Waals surface area contributed by atoms with Gasteiger partial charge in [0.1, 0.15) is 6.04 Å². The van der Waals surface area contributed by atoms with Crippen LogP contribution in [-0.4, -0.2) is 38.4 Å². The molecular weight excluding hydrogens is 358 g/mol. The van der Waals surface area contributed by atoms with Crippen molar-refractivity contribution >= 4 is 31.9 Å². The Labute approximate surface area is 133 Å². The summed E-state index contributed by atoms with van der Waals surface area (Å²) in [7, 11) is -2.45. The lowest BCUT2D eigenvalue weighted by atomic mass is 10.1. The Morgan fingerprint density at radius 1 is 1.38 bits per heavy atom. The van der Waals surface area contributed by atoms with E-state index < -0.39 is 22.0 Å². The first-order chi connectivity index (χ1) is 9.87. The van der Waals surface area contributed by atoms with Gasteiger partial charge in [0.05, 0.1) is 12.0 Å². The summed E-state index contributed by atoms with van der Waals surface area (Å²) >= 11 is 3.30. The quantitative estimate of drug-likeness (QED) is 0.761. The summed E-state index contributed by atoms with van der Waals surface area (Å²) in [5.41, 5.74) is 0.962. The van der Waals surface area contributed by atoms with E-state index in [2.05, 4.69) is 15.9 Å². The maximum atomic E-state index is 12.8. The van der Waals surface area contributed by atoms with Gasteiger partial charge in [-0.05, 0) is 59.8 Å². The minimum absolute atomic E-state index is 0.184. The number of esters is 1. The van der Waals surface area contributed by atoms with Crippen molar-refractivity contribution in [2.24, 2.45) is 0 Å². The zero-order valence-electron chi connectivity index (χ0n) is 12.0. The number of carbonyl (C=O) groups is 1. The van der Waals surface area contributed by atoms with Crippen LogP contribution in [0.2, 0.25) is 0 Å². The number of hydrogen-bond acceptors (Lipinski definition) is 4. The van der Waals surface area contributed by atoms with Crippen molar-refractivity contribution in [1.29, 1.82) is 0 Å². The van der Waals surface area contributed by atoms with Gasteiger partial charge in [-0.25, -0.2) is 8.42 Å². The summed E-state index contributed by atoms with van der Waals surface area (Å²) < 4.78 is 32.2. The standard InChI is InChI=1S/C14H18BrNO4S/c1-10-6-7-13(11(15)9-10)21(18,19)16-8-4-3-5-12(16)14(17)20-2/h6-7,9,12H,3-5,8H2,1-2H3/t12-/m1/s1. The van der Waals surface area contributed by atoms with Gasteiger partial charge >= 0.3 is 5.97 Å². The van der Waals surface area contributed by atoms with Gasteiger partial charge in [0.15, 0.2) is 0 Å². The Balaban J connectivity index is 2.43. The molecule has 0 bridgehead atoms. The summed E-state index contributed by atoms with van der Waals surface area (Å²) in [6, 6.07) is 4.33. The molecular formula is C14H18BrNO4S. The van der Waals surface area contributed by atoms with Crippen molar-refractivity contribution in [3.05, 3.63) is 28.2 Å². The molecule has 1 heterocycles. The van der Waals surface area contributed by atoms with Crippen molar-refractivity contribution < 1.29 is 17.9 Å². The van der Waals surface area contributed by atoms with Gasteiger partial charge in [-0.3, -0.25) is 4.79 Å². The van der Waals surface area contributed by atoms with Crippen molar-refractivity contribution in [1.82, 2.24) is 4.31 Å². The Morgan fingerprint density at radius 3 is 2.71 bits per heavy atom. The molecule has 7 heteroatoms. The van der Waals surface area contributed by atoms with Crippen molar-refractivity contribution in [2.45, 2.75) is 37.1 Å². The van der Waals surface area contributed by atoms with E-state index in [1.807, 2.05) is 6.92 Å². The average Bonchev–Trinajstić information content (AvgIpc) is 2.46. The number of hydrogen-bond donors (Lipinski definition) is 0. The van der Waals surface area contributed by atoms with E-state index in [4.69, 9.17) is 4.74 Å². The molecule has 0 unspecified atom stereocenters. The number of halogens is 1. The number of sulfonamides is 1. The number of rotatable bonds is 3. The molecule has 116 valence electrons. The van der Waals surface area contributed by atoms with E-state index in [-0.39, 0.29) is 4.90 Å². The maximum Gasteiger partial charge on any atom is 0.324 e. The zero-order chi connectivity index (χ0) is 15.6. The fourth-order valence-corrected chi connectivity index (χ4v) is 5.31. The molecule has 0 aliphatic carbocycles. The molecule has 0 radical (unpaired) electrons. The predicted molar refractivity (Wildman–Crippen MR) is 82.4 cm³/mol. The number of methoxy groups -OCH3 is 1. The molecule has 1 aromatic rings. The van der Waals surface area contributed by atoms with Crippen LogP contribution in [0.1, 0.15) is 24.8 Å². The van der Waals surface area contributed by atoms with E-state index >= 15 is 0 Å². The van der Waals surface area contributed by atoms with Crippen LogP contribution in [0.25, 0.3) is 0 Å². The van der Waals surface area contributed by atoms with Gasteiger partial charge in [-0.1, -0.05) is 6.07 Å². The molecule has 1 aliphatic heterocycles. The first kappa shape index (κ1) is 16.5. The number of nitrogens with zero attached hydrogens (tertiary/aromatic N) is 1. The highest BCUT2D eigenvalue weighted by atomic mass is 79.9. The third kappa shape index (κ3) is 3.30. The molecule has 21 heavy (non-hydrogen) atoms. The molecule has 0 amide bonds. The molecule has 1 aromatic carbocycles. The van der Waals surface area contributed by atoms with Crippen molar-refractivity contribution in [3.63, 3.8) is 0 Å². The second-order valence-corrected chi connectivity index (χ2v) is 7.80. The van der Waals surface area contributed by atoms with Gasteiger partial charge in [0, 0.05) is 11.0 Å². The second kappa shape index (κ2) is 6.46. The van der Waals surface area contributed by atoms with E-state index in [0.717, 1.165) is 18.4 Å². The molecule has 2 rings (SSSR count). The first-order valence-electron chi connectivity index (χ1n) is 6.73. The molecule has 5 nitrogen and oxygen atoms in total. The van der Waals surface area contributed by atoms with E-state index in [9.17, 15) is 13.2 Å². The van der Waals surface area contributed by atoms with Crippen LogP contribution in [0.4, 0.5) is 0 Å². The van der Waals surface area contributed by atoms with Crippen LogP contribution in [0.5, 0.6) is 0 Å². The van der Waals surface area contributed by atoms with Crippen molar-refractivity contribution in [2.75, 3.05) is 13.7 Å². The summed E-state index contributed by atoms with van der Waals surface area (Å²) in [5, 5.41) is 0. The summed E-state index contributed by atoms with van der Waals surface area (Å²) in [4.78, 5) is 12.0. The van der Waals surface area contributed by atoms with Crippen molar-refractivity contribution in [3.8, 4) is 0 Å². The first-order valence-corrected chi connectivity index (χ1v) is 8.97. The van der Waals surface area contributed by atoms with Crippen LogP contribution in [0.15, 0.2) is 27.6 Å². The van der Waals surface area contributed by atoms with Gasteiger partial charge < -0.3 is 4.74 Å². The summed E-state index contributed by atoms with van der Waals surface area (Å²) in [5.74, 6) is -0.499. The lowest BCUT2D eigenvalue weighted by Crippen LogP contribution is -2.48. The normalized spacial score (nSPS) is 20.2. The number of benzene rings is 1. The van der Waals surface area contributed by atoms with Gasteiger partial charge in [0.2, 0.25) is 10.0 Å². The third-order valence-electron chi connectivity index (χ3n) is 3.60. The monoisotopic (exact) mass is 375 g/mol. The highest BCUT2D eigenvalue weighted by molar-refractivity contribution is 9.10.